The summed E-state index contributed by atoms with van der Waals surface area (Å²) in [5.41, 5.74) is 2.32. The number of aromatic amines is 1. The molecule has 1 amide bonds. The zero-order chi connectivity index (χ0) is 20.5. The third kappa shape index (κ3) is 3.87. The minimum Gasteiger partial charge on any atom is -0.477 e. The number of halogens is 1. The van der Waals surface area contributed by atoms with E-state index in [2.05, 4.69) is 15.6 Å². The summed E-state index contributed by atoms with van der Waals surface area (Å²) in [5, 5.41) is 16.1. The summed E-state index contributed by atoms with van der Waals surface area (Å²) in [4.78, 5) is 38.5. The Hall–Kier alpha value is -3.16. The molecule has 0 saturated carbocycles. The van der Waals surface area contributed by atoms with Crippen LogP contribution in [0.4, 0.5) is 0 Å². The molecule has 148 valence electrons. The van der Waals surface area contributed by atoms with Crippen molar-refractivity contribution in [3.05, 3.63) is 80.1 Å². The fourth-order valence-corrected chi connectivity index (χ4v) is 3.85. The van der Waals surface area contributed by atoms with Crippen LogP contribution in [0.1, 0.15) is 27.0 Å². The van der Waals surface area contributed by atoms with Crippen molar-refractivity contribution in [3.63, 3.8) is 0 Å². The molecular formula is C21H18ClN3O4. The van der Waals surface area contributed by atoms with E-state index in [-0.39, 0.29) is 24.1 Å². The summed E-state index contributed by atoms with van der Waals surface area (Å²) in [7, 11) is 0. The van der Waals surface area contributed by atoms with Crippen molar-refractivity contribution >= 4 is 34.4 Å². The van der Waals surface area contributed by atoms with Gasteiger partial charge in [-0.2, -0.15) is 0 Å². The number of fused-ring (bicyclic) bond motifs is 2. The van der Waals surface area contributed by atoms with Gasteiger partial charge in [0.2, 0.25) is 5.91 Å². The summed E-state index contributed by atoms with van der Waals surface area (Å²) in [6.45, 7) is 0.776. The molecule has 29 heavy (non-hydrogen) atoms. The fourth-order valence-electron chi connectivity index (χ4n) is 3.60. The number of hydrogen-bond donors (Lipinski definition) is 4. The monoisotopic (exact) mass is 411 g/mol. The molecule has 1 unspecified atom stereocenters. The predicted octanol–water partition coefficient (Wildman–Crippen LogP) is 2.21. The van der Waals surface area contributed by atoms with Crippen LogP contribution in [-0.4, -0.2) is 28.0 Å². The van der Waals surface area contributed by atoms with Gasteiger partial charge in [-0.15, -0.1) is 0 Å². The first kappa shape index (κ1) is 19.2. The number of nitrogens with one attached hydrogen (secondary N) is 3. The highest BCUT2D eigenvalue weighted by atomic mass is 35.5. The van der Waals surface area contributed by atoms with E-state index in [9.17, 15) is 14.4 Å². The number of carbonyl (C=O) groups excluding carboxylic acids is 1. The van der Waals surface area contributed by atoms with Crippen LogP contribution in [0.25, 0.3) is 10.9 Å². The first-order valence-electron chi connectivity index (χ1n) is 9.09. The Morgan fingerprint density at radius 2 is 1.93 bits per heavy atom. The van der Waals surface area contributed by atoms with E-state index in [4.69, 9.17) is 16.7 Å². The quantitative estimate of drug-likeness (QED) is 0.526. The molecule has 1 aliphatic heterocycles. The maximum Gasteiger partial charge on any atom is 0.341 e. The number of carbonyl (C=O) groups is 2. The lowest BCUT2D eigenvalue weighted by atomic mass is 9.95. The van der Waals surface area contributed by atoms with Crippen LogP contribution >= 0.6 is 11.6 Å². The fraction of sp³-hybridized carbons (Fsp3) is 0.190. The molecule has 2 aromatic carbocycles. The third-order valence-electron chi connectivity index (χ3n) is 5.08. The van der Waals surface area contributed by atoms with E-state index in [0.717, 1.165) is 5.56 Å². The van der Waals surface area contributed by atoms with Crippen LogP contribution in [0.15, 0.2) is 47.3 Å². The molecule has 7 nitrogen and oxygen atoms in total. The Morgan fingerprint density at radius 1 is 1.17 bits per heavy atom. The second-order valence-electron chi connectivity index (χ2n) is 6.97. The molecule has 4 N–H and O–H groups in total. The van der Waals surface area contributed by atoms with Crippen LogP contribution in [0.3, 0.4) is 0 Å². The molecule has 0 fully saturated rings. The SMILES string of the molecule is O=C(O)c1cc2cc(Cl)cc(CNC(=O)C3Cc4ccccc4CN3)c2[nH]c1=O. The molecule has 0 spiro atoms. The Morgan fingerprint density at radius 3 is 2.69 bits per heavy atom. The number of H-pyrrole nitrogens is 1. The average Bonchev–Trinajstić information content (AvgIpc) is 2.71. The molecule has 0 radical (unpaired) electrons. The summed E-state index contributed by atoms with van der Waals surface area (Å²) in [5.74, 6) is -1.47. The topological polar surface area (TPSA) is 111 Å². The highest BCUT2D eigenvalue weighted by molar-refractivity contribution is 6.31. The van der Waals surface area contributed by atoms with E-state index < -0.39 is 11.5 Å². The van der Waals surface area contributed by atoms with Crippen molar-refractivity contribution in [3.8, 4) is 0 Å². The van der Waals surface area contributed by atoms with Gasteiger partial charge >= 0.3 is 5.97 Å². The van der Waals surface area contributed by atoms with Crippen LogP contribution in [0.5, 0.6) is 0 Å². The molecular weight excluding hydrogens is 394 g/mol. The standard InChI is InChI=1S/C21H18ClN3O4/c22-15-5-13-7-16(21(28)29)19(26)25-18(13)14(6-15)10-24-20(27)17-8-11-3-1-2-4-12(11)9-23-17/h1-7,17,23H,8-10H2,(H,24,27)(H,25,26)(H,28,29). The first-order chi connectivity index (χ1) is 13.9. The number of carboxylic acid groups (broad SMARTS) is 1. The highest BCUT2D eigenvalue weighted by Gasteiger charge is 2.24. The molecule has 0 aliphatic carbocycles. The third-order valence-corrected chi connectivity index (χ3v) is 5.30. The van der Waals surface area contributed by atoms with Crippen molar-refractivity contribution in [2.24, 2.45) is 0 Å². The van der Waals surface area contributed by atoms with Gasteiger partial charge in [0, 0.05) is 23.5 Å². The molecule has 1 aromatic heterocycles. The van der Waals surface area contributed by atoms with Gasteiger partial charge in [-0.25, -0.2) is 4.79 Å². The number of pyridine rings is 1. The lowest BCUT2D eigenvalue weighted by molar-refractivity contribution is -0.123. The zero-order valence-corrected chi connectivity index (χ0v) is 16.0. The Bertz CT molecular complexity index is 1190. The van der Waals surface area contributed by atoms with Crippen molar-refractivity contribution in [1.82, 2.24) is 15.6 Å². The molecule has 1 aliphatic rings. The minimum absolute atomic E-state index is 0.151. The van der Waals surface area contributed by atoms with E-state index in [1.165, 1.54) is 11.6 Å². The van der Waals surface area contributed by atoms with E-state index in [0.29, 0.717) is 34.5 Å². The summed E-state index contributed by atoms with van der Waals surface area (Å²) in [6, 6.07) is 12.1. The zero-order valence-electron chi connectivity index (χ0n) is 15.3. The van der Waals surface area contributed by atoms with Gasteiger partial charge in [0.25, 0.3) is 5.56 Å². The number of aromatic nitrogens is 1. The van der Waals surface area contributed by atoms with Gasteiger partial charge in [0.05, 0.1) is 11.6 Å². The second-order valence-corrected chi connectivity index (χ2v) is 7.41. The van der Waals surface area contributed by atoms with Gasteiger partial charge in [-0.1, -0.05) is 35.9 Å². The lowest BCUT2D eigenvalue weighted by Crippen LogP contribution is -2.47. The Balaban J connectivity index is 1.55. The van der Waals surface area contributed by atoms with Crippen LogP contribution < -0.4 is 16.2 Å². The number of benzene rings is 2. The molecule has 2 heterocycles. The molecule has 4 rings (SSSR count). The minimum atomic E-state index is -1.31. The Kier molecular flexibility index (Phi) is 5.08. The second kappa shape index (κ2) is 7.69. The summed E-state index contributed by atoms with van der Waals surface area (Å²) in [6.07, 6.45) is 0.594. The highest BCUT2D eigenvalue weighted by Crippen LogP contribution is 2.23. The first-order valence-corrected chi connectivity index (χ1v) is 9.47. The van der Waals surface area contributed by atoms with Crippen molar-refractivity contribution < 1.29 is 14.7 Å². The van der Waals surface area contributed by atoms with Gasteiger partial charge in [0.15, 0.2) is 0 Å². The number of amides is 1. The van der Waals surface area contributed by atoms with Gasteiger partial charge in [-0.3, -0.25) is 9.59 Å². The molecule has 0 saturated heterocycles. The maximum atomic E-state index is 12.7. The number of carboxylic acids is 1. The van der Waals surface area contributed by atoms with Gasteiger partial charge in [-0.05, 0) is 41.3 Å². The molecule has 1 atom stereocenters. The lowest BCUT2D eigenvalue weighted by Gasteiger charge is -2.25. The normalized spacial score (nSPS) is 15.7. The number of rotatable bonds is 4. The number of aromatic carboxylic acids is 1. The van der Waals surface area contributed by atoms with Crippen LogP contribution in [0.2, 0.25) is 5.02 Å². The number of hydrogen-bond acceptors (Lipinski definition) is 4. The van der Waals surface area contributed by atoms with Gasteiger partial charge < -0.3 is 20.7 Å². The summed E-state index contributed by atoms with van der Waals surface area (Å²) >= 11 is 6.15. The van der Waals surface area contributed by atoms with Crippen LogP contribution in [0, 0.1) is 0 Å². The smallest absolute Gasteiger partial charge is 0.341 e. The predicted molar refractivity (Wildman–Crippen MR) is 109 cm³/mol. The van der Waals surface area contributed by atoms with Crippen LogP contribution in [-0.2, 0) is 24.3 Å². The molecule has 0 bridgehead atoms. The average molecular weight is 412 g/mol. The van der Waals surface area contributed by atoms with Gasteiger partial charge in [0.1, 0.15) is 5.56 Å². The van der Waals surface area contributed by atoms with E-state index >= 15 is 0 Å². The van der Waals surface area contributed by atoms with Crippen molar-refractivity contribution in [1.29, 1.82) is 0 Å². The van der Waals surface area contributed by atoms with E-state index in [1.54, 1.807) is 12.1 Å². The maximum absolute atomic E-state index is 12.7. The molecule has 3 aromatic rings. The van der Waals surface area contributed by atoms with E-state index in [1.807, 2.05) is 24.3 Å². The van der Waals surface area contributed by atoms with Crippen molar-refractivity contribution in [2.45, 2.75) is 25.6 Å². The largest absolute Gasteiger partial charge is 0.477 e. The molecule has 8 heteroatoms. The Labute approximate surface area is 170 Å². The van der Waals surface area contributed by atoms with Crippen molar-refractivity contribution in [2.75, 3.05) is 0 Å². The summed E-state index contributed by atoms with van der Waals surface area (Å²) < 4.78 is 0.